The number of ketones is 1. The number of aliphatic hydroxyl groups excluding tert-OH is 1. The van der Waals surface area contributed by atoms with Gasteiger partial charge >= 0.3 is 12.1 Å². The van der Waals surface area contributed by atoms with Crippen LogP contribution in [0.2, 0.25) is 0 Å². The summed E-state index contributed by atoms with van der Waals surface area (Å²) in [5, 5.41) is 13.7. The summed E-state index contributed by atoms with van der Waals surface area (Å²) in [4.78, 5) is 57.7. The van der Waals surface area contributed by atoms with Gasteiger partial charge in [0.2, 0.25) is 5.91 Å². The summed E-state index contributed by atoms with van der Waals surface area (Å²) in [6, 6.07) is -0.416. The maximum absolute atomic E-state index is 14.2. The molecule has 0 aromatic heterocycles. The van der Waals surface area contributed by atoms with Gasteiger partial charge in [0, 0.05) is 57.7 Å². The number of aliphatic hydroxyl groups is 1. The Morgan fingerprint density at radius 3 is 2.33 bits per heavy atom. The van der Waals surface area contributed by atoms with Gasteiger partial charge in [-0.15, -0.1) is 0 Å². The first kappa shape index (κ1) is 40.1. The van der Waals surface area contributed by atoms with Crippen LogP contribution in [-0.4, -0.2) is 154 Å². The van der Waals surface area contributed by atoms with Crippen LogP contribution in [0.25, 0.3) is 0 Å². The second-order valence-electron chi connectivity index (χ2n) is 15.0. The molecule has 0 aliphatic carbocycles. The normalized spacial score (nSPS) is 35.9. The van der Waals surface area contributed by atoms with Crippen LogP contribution in [0.5, 0.6) is 0 Å². The molecule has 2 amide bonds. The zero-order chi connectivity index (χ0) is 36.1. The molecule has 3 aliphatic rings. The van der Waals surface area contributed by atoms with Crippen molar-refractivity contribution in [2.45, 2.75) is 103 Å². The van der Waals surface area contributed by atoms with Gasteiger partial charge in [0.05, 0.1) is 24.2 Å². The molecule has 3 saturated heterocycles. The van der Waals surface area contributed by atoms with E-state index in [2.05, 4.69) is 17.1 Å². The fourth-order valence-electron chi connectivity index (χ4n) is 7.48. The summed E-state index contributed by atoms with van der Waals surface area (Å²) < 4.78 is 29.8. The van der Waals surface area contributed by atoms with Crippen molar-refractivity contribution in [3.8, 4) is 0 Å². The first-order valence-electron chi connectivity index (χ1n) is 17.1. The second-order valence-corrected chi connectivity index (χ2v) is 15.0. The summed E-state index contributed by atoms with van der Waals surface area (Å²) >= 11 is 0. The molecule has 0 spiro atoms. The number of hydrogen-bond donors (Lipinski definition) is 2. The van der Waals surface area contributed by atoms with Crippen LogP contribution in [-0.2, 0) is 38.1 Å². The van der Waals surface area contributed by atoms with Crippen molar-refractivity contribution in [2.24, 2.45) is 23.2 Å². The van der Waals surface area contributed by atoms with E-state index >= 15 is 0 Å². The van der Waals surface area contributed by atoms with E-state index in [0.717, 1.165) is 0 Å². The number of nitrogens with zero attached hydrogens (tertiary/aromatic N) is 3. The van der Waals surface area contributed by atoms with Crippen LogP contribution in [0, 0.1) is 23.2 Å². The van der Waals surface area contributed by atoms with Crippen molar-refractivity contribution >= 4 is 23.8 Å². The lowest BCUT2D eigenvalue weighted by Gasteiger charge is -2.47. The molecule has 3 aliphatic heterocycles. The van der Waals surface area contributed by atoms with Gasteiger partial charge in [-0.05, 0) is 67.6 Å². The fourth-order valence-corrected chi connectivity index (χ4v) is 7.48. The Hall–Kier alpha value is -2.36. The predicted molar refractivity (Wildman–Crippen MR) is 177 cm³/mol. The molecule has 2 N–H and O–H groups in total. The molecule has 0 aromatic rings. The molecule has 0 aromatic carbocycles. The molecule has 48 heavy (non-hydrogen) atoms. The highest BCUT2D eigenvalue weighted by atomic mass is 16.7. The lowest BCUT2D eigenvalue weighted by molar-refractivity contribution is -0.295. The number of likely N-dealkylation sites (tertiary alicyclic amines) is 1. The molecule has 0 saturated carbocycles. The number of hydrogen-bond acceptors (Lipinski definition) is 12. The van der Waals surface area contributed by atoms with E-state index in [1.807, 2.05) is 39.9 Å². The molecule has 3 fully saturated rings. The third-order valence-corrected chi connectivity index (χ3v) is 10.5. The zero-order valence-electron chi connectivity index (χ0n) is 30.8. The van der Waals surface area contributed by atoms with Crippen molar-refractivity contribution < 1.29 is 48.0 Å². The monoisotopic (exact) mass is 684 g/mol. The molecule has 3 rings (SSSR count). The van der Waals surface area contributed by atoms with Crippen LogP contribution in [0.1, 0.15) is 60.8 Å². The largest absolute Gasteiger partial charge is 0.463 e. The molecule has 0 unspecified atom stereocenters. The Kier molecular flexibility index (Phi) is 13.8. The van der Waals surface area contributed by atoms with Gasteiger partial charge in [0.1, 0.15) is 24.7 Å². The maximum Gasteiger partial charge on any atom is 0.406 e. The lowest BCUT2D eigenvalue weighted by atomic mass is 9.74. The highest BCUT2D eigenvalue weighted by molar-refractivity contribution is 6.04. The van der Waals surface area contributed by atoms with Crippen LogP contribution < -0.4 is 5.32 Å². The average Bonchev–Trinajstić information content (AvgIpc) is 3.00. The topological polar surface area (TPSA) is 156 Å². The number of likely N-dealkylation sites (N-methyl/N-ethyl adjacent to an activating group) is 2. The SMILES string of the molecule is CNC(=O)OCCC(=O)N1CC([C@@H]2COC(=O)C(C)(C)C(=O)[C@H](C)[C@@H](O[C@@H]3O[C@H](C)C[C@H](N(C)C)[C@H]3O)[C@](C)(OC)C[C@@H](C)CN2C)C1. The van der Waals surface area contributed by atoms with Gasteiger partial charge in [0.15, 0.2) is 12.1 Å². The molecular formula is C34H60N4O10. The van der Waals surface area contributed by atoms with E-state index < -0.39 is 47.5 Å². The van der Waals surface area contributed by atoms with Crippen molar-refractivity contribution in [3.05, 3.63) is 0 Å². The number of cyclic esters (lactones) is 1. The number of methoxy groups -OCH3 is 1. The number of alkyl carbamates (subject to hydrolysis) is 1. The number of Topliss-reactive ketones (excluding diaryl/α,β-unsaturated/α-hetero) is 1. The van der Waals surface area contributed by atoms with Crippen LogP contribution >= 0.6 is 0 Å². The molecule has 14 nitrogen and oxygen atoms in total. The van der Waals surface area contributed by atoms with Gasteiger partial charge in [-0.25, -0.2) is 4.79 Å². The van der Waals surface area contributed by atoms with Gasteiger partial charge < -0.3 is 43.9 Å². The van der Waals surface area contributed by atoms with Gasteiger partial charge in [0.25, 0.3) is 0 Å². The lowest BCUT2D eigenvalue weighted by Crippen LogP contribution is -2.60. The van der Waals surface area contributed by atoms with Crippen LogP contribution in [0.3, 0.4) is 0 Å². The zero-order valence-corrected chi connectivity index (χ0v) is 30.8. The van der Waals surface area contributed by atoms with Gasteiger partial charge in [-0.1, -0.05) is 13.8 Å². The van der Waals surface area contributed by atoms with E-state index in [-0.39, 0.29) is 61.3 Å². The number of amides is 2. The highest BCUT2D eigenvalue weighted by Gasteiger charge is 2.52. The fraction of sp³-hybridized carbons (Fsp3) is 0.882. The summed E-state index contributed by atoms with van der Waals surface area (Å²) in [6.07, 6.45) is -2.41. The molecule has 276 valence electrons. The summed E-state index contributed by atoms with van der Waals surface area (Å²) in [5.41, 5.74) is -2.50. The summed E-state index contributed by atoms with van der Waals surface area (Å²) in [7, 11) is 8.82. The molecular weight excluding hydrogens is 624 g/mol. The Morgan fingerprint density at radius 2 is 1.75 bits per heavy atom. The Labute approximate surface area is 286 Å². The standard InChI is InChI=1S/C34H60N4O10/c1-20-15-34(6,44-11)29(48-30-27(40)24(36(8)9)14-21(2)47-30)22(3)28(41)33(4,5)31(42)46-19-25(37(10)16-20)23-17-38(18-23)26(39)12-13-45-32(43)35-7/h20-25,27,29-30,40H,12-19H2,1-11H3,(H,35,43)/t20-,21-,22+,24+,25+,27-,29-,30+,34-/m1/s1. The van der Waals surface area contributed by atoms with Crippen molar-refractivity contribution in [1.82, 2.24) is 20.0 Å². The minimum Gasteiger partial charge on any atom is -0.463 e. The Morgan fingerprint density at radius 1 is 1.10 bits per heavy atom. The Balaban J connectivity index is 1.85. The van der Waals surface area contributed by atoms with Gasteiger partial charge in [-0.2, -0.15) is 0 Å². The molecule has 0 radical (unpaired) electrons. The smallest absolute Gasteiger partial charge is 0.406 e. The number of ether oxygens (including phenoxy) is 5. The molecule has 9 atom stereocenters. The molecule has 14 heteroatoms. The third kappa shape index (κ3) is 9.25. The van der Waals surface area contributed by atoms with Crippen molar-refractivity contribution in [2.75, 3.05) is 68.1 Å². The van der Waals surface area contributed by atoms with Crippen molar-refractivity contribution in [3.63, 3.8) is 0 Å². The summed E-state index contributed by atoms with van der Waals surface area (Å²) in [6.45, 7) is 12.4. The van der Waals surface area contributed by atoms with Crippen molar-refractivity contribution in [1.29, 1.82) is 0 Å². The molecule has 3 heterocycles. The van der Waals surface area contributed by atoms with Crippen LogP contribution in [0.4, 0.5) is 4.79 Å². The number of carbonyl (C=O) groups excluding carboxylic acids is 4. The number of esters is 1. The van der Waals surface area contributed by atoms with E-state index in [4.69, 9.17) is 23.7 Å². The summed E-state index contributed by atoms with van der Waals surface area (Å²) in [5.74, 6) is -1.86. The minimum atomic E-state index is -1.50. The third-order valence-electron chi connectivity index (χ3n) is 10.5. The Bertz CT molecular complexity index is 1130. The molecule has 0 bridgehead atoms. The minimum absolute atomic E-state index is 0.0102. The van der Waals surface area contributed by atoms with E-state index in [1.54, 1.807) is 32.8 Å². The van der Waals surface area contributed by atoms with Gasteiger partial charge in [-0.3, -0.25) is 19.3 Å². The highest BCUT2D eigenvalue weighted by Crippen LogP contribution is 2.38. The first-order chi connectivity index (χ1) is 22.4. The van der Waals surface area contributed by atoms with E-state index in [1.165, 1.54) is 7.05 Å². The van der Waals surface area contributed by atoms with E-state index in [0.29, 0.717) is 32.5 Å². The first-order valence-corrected chi connectivity index (χ1v) is 17.1. The number of nitrogens with one attached hydrogen (secondary N) is 1. The van der Waals surface area contributed by atoms with Crippen LogP contribution in [0.15, 0.2) is 0 Å². The maximum atomic E-state index is 14.2. The number of carbonyl (C=O) groups is 4. The number of rotatable bonds is 8. The average molecular weight is 685 g/mol. The quantitative estimate of drug-likeness (QED) is 0.281. The predicted octanol–water partition coefficient (Wildman–Crippen LogP) is 1.52. The second kappa shape index (κ2) is 16.6. The van der Waals surface area contributed by atoms with E-state index in [9.17, 15) is 24.3 Å².